The average Bonchev–Trinajstić information content (AvgIpc) is 2.87. The number of nitrogens with two attached hydrogens (primary N) is 1. The third-order valence-corrected chi connectivity index (χ3v) is 4.91. The van der Waals surface area contributed by atoms with E-state index in [0.29, 0.717) is 42.6 Å². The number of hydrogen-bond acceptors (Lipinski definition) is 7. The molecule has 1 aromatic carbocycles. The topological polar surface area (TPSA) is 102 Å². The van der Waals surface area contributed by atoms with E-state index in [9.17, 15) is 9.90 Å². The number of halogens is 1. The highest BCUT2D eigenvalue weighted by Gasteiger charge is 2.28. The summed E-state index contributed by atoms with van der Waals surface area (Å²) >= 11 is 6.50. The van der Waals surface area contributed by atoms with E-state index in [2.05, 4.69) is 14.9 Å². The Bertz CT molecular complexity index is 839. The summed E-state index contributed by atoms with van der Waals surface area (Å²) in [4.78, 5) is 22.6. The molecule has 27 heavy (non-hydrogen) atoms. The predicted octanol–water partition coefficient (Wildman–Crippen LogP) is 3.29. The van der Waals surface area contributed by atoms with Crippen LogP contribution in [0.25, 0.3) is 0 Å². The van der Waals surface area contributed by atoms with Crippen molar-refractivity contribution >= 4 is 29.2 Å². The summed E-state index contributed by atoms with van der Waals surface area (Å²) in [5.41, 5.74) is 7.50. The molecule has 1 saturated heterocycles. The van der Waals surface area contributed by atoms with Crippen LogP contribution in [-0.4, -0.2) is 40.6 Å². The van der Waals surface area contributed by atoms with Gasteiger partial charge in [0.1, 0.15) is 11.6 Å². The fourth-order valence-electron chi connectivity index (χ4n) is 3.28. The van der Waals surface area contributed by atoms with Crippen molar-refractivity contribution in [1.29, 1.82) is 0 Å². The molecule has 8 heteroatoms. The van der Waals surface area contributed by atoms with Gasteiger partial charge in [0.2, 0.25) is 5.95 Å². The summed E-state index contributed by atoms with van der Waals surface area (Å²) in [6, 6.07) is 4.66. The number of carbonyl (C=O) groups excluding carboxylic acids is 1. The number of hydrogen-bond donors (Lipinski definition) is 2. The SMILES string of the molecule is CCC(=O)c1cc(Cl)c([C@H]2COCCCN2c2cc(C)nc(N)n2)cc1O. The number of nitrogens with zero attached hydrogens (tertiary/aromatic N) is 3. The van der Waals surface area contributed by atoms with Crippen molar-refractivity contribution in [3.05, 3.63) is 40.0 Å². The van der Waals surface area contributed by atoms with Crippen LogP contribution in [0, 0.1) is 6.92 Å². The highest BCUT2D eigenvalue weighted by molar-refractivity contribution is 6.32. The highest BCUT2D eigenvalue weighted by Crippen LogP contribution is 2.36. The van der Waals surface area contributed by atoms with Gasteiger partial charge in [0.15, 0.2) is 5.78 Å². The van der Waals surface area contributed by atoms with Crippen LogP contribution in [0.1, 0.15) is 47.4 Å². The Balaban J connectivity index is 2.06. The maximum absolute atomic E-state index is 12.0. The lowest BCUT2D eigenvalue weighted by Crippen LogP contribution is -2.32. The maximum atomic E-state index is 12.0. The van der Waals surface area contributed by atoms with Crippen LogP contribution >= 0.6 is 11.6 Å². The van der Waals surface area contributed by atoms with Gasteiger partial charge in [-0.25, -0.2) is 4.98 Å². The summed E-state index contributed by atoms with van der Waals surface area (Å²) in [7, 11) is 0. The Kier molecular flexibility index (Phi) is 5.82. The van der Waals surface area contributed by atoms with Gasteiger partial charge in [-0.2, -0.15) is 4.98 Å². The number of nitrogen functional groups attached to an aromatic ring is 1. The van der Waals surface area contributed by atoms with Gasteiger partial charge in [-0.1, -0.05) is 18.5 Å². The molecule has 1 aliphatic heterocycles. The van der Waals surface area contributed by atoms with Crippen LogP contribution in [0.2, 0.25) is 5.02 Å². The minimum atomic E-state index is -0.273. The van der Waals surface area contributed by atoms with Crippen LogP contribution in [0.3, 0.4) is 0 Å². The second-order valence-electron chi connectivity index (χ2n) is 6.53. The molecule has 1 aliphatic rings. The number of benzene rings is 1. The summed E-state index contributed by atoms with van der Waals surface area (Å²) in [6.07, 6.45) is 1.11. The Labute approximate surface area is 163 Å². The van der Waals surface area contributed by atoms with Gasteiger partial charge in [0.25, 0.3) is 0 Å². The molecule has 0 bridgehead atoms. The van der Waals surface area contributed by atoms with Crippen LogP contribution < -0.4 is 10.6 Å². The van der Waals surface area contributed by atoms with Crippen LogP contribution in [-0.2, 0) is 4.74 Å². The number of aryl methyl sites for hydroxylation is 1. The van der Waals surface area contributed by atoms with E-state index in [0.717, 1.165) is 12.1 Å². The molecule has 0 saturated carbocycles. The molecule has 0 radical (unpaired) electrons. The van der Waals surface area contributed by atoms with E-state index in [-0.39, 0.29) is 29.1 Å². The lowest BCUT2D eigenvalue weighted by molar-refractivity contribution is 0.0985. The fraction of sp³-hybridized carbons (Fsp3) is 0.421. The molecule has 0 amide bonds. The Morgan fingerprint density at radius 3 is 2.89 bits per heavy atom. The molecule has 1 fully saturated rings. The predicted molar refractivity (Wildman–Crippen MR) is 104 cm³/mol. The first-order valence-electron chi connectivity index (χ1n) is 8.91. The van der Waals surface area contributed by atoms with Gasteiger partial charge in [-0.15, -0.1) is 0 Å². The summed E-state index contributed by atoms with van der Waals surface area (Å²) in [5, 5.41) is 10.8. The van der Waals surface area contributed by atoms with Gasteiger partial charge < -0.3 is 20.5 Å². The number of ether oxygens (including phenoxy) is 1. The van der Waals surface area contributed by atoms with Crippen LogP contribution in [0.5, 0.6) is 5.75 Å². The summed E-state index contributed by atoms with van der Waals surface area (Å²) in [6.45, 7) is 5.28. The molecule has 3 rings (SSSR count). The molecular formula is C19H23ClN4O3. The van der Waals surface area contributed by atoms with Crippen molar-refractivity contribution in [2.75, 3.05) is 30.4 Å². The number of Topliss-reactive ketones (excluding diaryl/α,β-unsaturated/α-hetero) is 1. The standard InChI is InChI=1S/C19H23ClN4O3/c1-3-16(25)13-8-14(20)12(9-17(13)26)15-10-27-6-4-5-24(15)18-7-11(2)22-19(21)23-18/h7-9,15,26H,3-6,10H2,1-2H3,(H2,21,22,23)/t15-/m1/s1. The van der Waals surface area contributed by atoms with Crippen molar-refractivity contribution in [2.24, 2.45) is 0 Å². The van der Waals surface area contributed by atoms with Gasteiger partial charge >= 0.3 is 0 Å². The molecule has 0 spiro atoms. The lowest BCUT2D eigenvalue weighted by Gasteiger charge is -2.31. The van der Waals surface area contributed by atoms with Crippen molar-refractivity contribution in [1.82, 2.24) is 9.97 Å². The van der Waals surface area contributed by atoms with Crippen LogP contribution in [0.15, 0.2) is 18.2 Å². The molecule has 2 aromatic rings. The zero-order chi connectivity index (χ0) is 19.6. The Morgan fingerprint density at radius 1 is 1.41 bits per heavy atom. The van der Waals surface area contributed by atoms with Crippen LogP contribution in [0.4, 0.5) is 11.8 Å². The van der Waals surface area contributed by atoms with E-state index in [1.165, 1.54) is 6.07 Å². The first-order valence-corrected chi connectivity index (χ1v) is 9.29. The van der Waals surface area contributed by atoms with Crippen molar-refractivity contribution in [3.63, 3.8) is 0 Å². The van der Waals surface area contributed by atoms with Gasteiger partial charge in [-0.3, -0.25) is 4.79 Å². The number of phenolic OH excluding ortho intramolecular Hbond substituents is 1. The lowest BCUT2D eigenvalue weighted by atomic mass is 10.00. The molecule has 2 heterocycles. The number of anilines is 2. The molecule has 0 unspecified atom stereocenters. The molecule has 3 N–H and O–H groups in total. The van der Waals surface area contributed by atoms with E-state index in [4.69, 9.17) is 22.1 Å². The first kappa shape index (κ1) is 19.4. The third kappa shape index (κ3) is 4.14. The average molecular weight is 391 g/mol. The monoisotopic (exact) mass is 390 g/mol. The summed E-state index contributed by atoms with van der Waals surface area (Å²) < 4.78 is 5.74. The number of phenols is 1. The van der Waals surface area contributed by atoms with E-state index >= 15 is 0 Å². The number of ketones is 1. The second kappa shape index (κ2) is 8.10. The fourth-order valence-corrected chi connectivity index (χ4v) is 3.57. The largest absolute Gasteiger partial charge is 0.507 e. The van der Waals surface area contributed by atoms with Crippen molar-refractivity contribution in [2.45, 2.75) is 32.7 Å². The van der Waals surface area contributed by atoms with Crippen molar-refractivity contribution in [3.8, 4) is 5.75 Å². The normalized spacial score (nSPS) is 17.6. The van der Waals surface area contributed by atoms with Crippen molar-refractivity contribution < 1.29 is 14.6 Å². The van der Waals surface area contributed by atoms with E-state index in [1.54, 1.807) is 13.0 Å². The minimum Gasteiger partial charge on any atom is -0.507 e. The number of aromatic nitrogens is 2. The summed E-state index contributed by atoms with van der Waals surface area (Å²) in [5.74, 6) is 0.643. The molecular weight excluding hydrogens is 368 g/mol. The highest BCUT2D eigenvalue weighted by atomic mass is 35.5. The number of carbonyl (C=O) groups is 1. The Hall–Kier alpha value is -2.38. The first-order chi connectivity index (χ1) is 12.9. The number of aromatic hydroxyl groups is 1. The Morgan fingerprint density at radius 2 is 2.19 bits per heavy atom. The number of rotatable bonds is 4. The smallest absolute Gasteiger partial charge is 0.222 e. The second-order valence-corrected chi connectivity index (χ2v) is 6.94. The quantitative estimate of drug-likeness (QED) is 0.772. The zero-order valence-electron chi connectivity index (χ0n) is 15.4. The molecule has 1 aromatic heterocycles. The maximum Gasteiger partial charge on any atom is 0.222 e. The molecule has 1 atom stereocenters. The third-order valence-electron chi connectivity index (χ3n) is 4.59. The van der Waals surface area contributed by atoms with E-state index in [1.807, 2.05) is 13.0 Å². The molecule has 144 valence electrons. The molecule has 0 aliphatic carbocycles. The van der Waals surface area contributed by atoms with Gasteiger partial charge in [0.05, 0.1) is 18.2 Å². The zero-order valence-corrected chi connectivity index (χ0v) is 16.2. The van der Waals surface area contributed by atoms with Gasteiger partial charge in [-0.05, 0) is 31.0 Å². The van der Waals surface area contributed by atoms with Gasteiger partial charge in [0, 0.05) is 36.4 Å². The molecule has 7 nitrogen and oxygen atoms in total. The van der Waals surface area contributed by atoms with E-state index < -0.39 is 0 Å². The minimum absolute atomic E-state index is 0.0798.